The highest BCUT2D eigenvalue weighted by Gasteiger charge is 2.21. The first-order valence-corrected chi connectivity index (χ1v) is 8.36. The minimum absolute atomic E-state index is 0.0227. The van der Waals surface area contributed by atoms with Crippen LogP contribution in [0.5, 0.6) is 0 Å². The first-order valence-electron chi connectivity index (χ1n) is 8.36. The monoisotopic (exact) mass is 303 g/mol. The van der Waals surface area contributed by atoms with E-state index in [9.17, 15) is 4.79 Å². The Morgan fingerprint density at radius 2 is 1.73 bits per heavy atom. The molecule has 6 nitrogen and oxygen atoms in total. The van der Waals surface area contributed by atoms with Crippen LogP contribution in [0.15, 0.2) is 12.4 Å². The molecule has 0 N–H and O–H groups in total. The van der Waals surface area contributed by atoms with Gasteiger partial charge in [-0.3, -0.25) is 4.79 Å². The number of hydrogen-bond acceptors (Lipinski definition) is 5. The third-order valence-corrected chi connectivity index (χ3v) is 4.64. The number of carbonyl (C=O) groups excluding carboxylic acids is 1. The lowest BCUT2D eigenvalue weighted by Gasteiger charge is -2.34. The zero-order chi connectivity index (χ0) is 15.4. The molecule has 0 aliphatic carbocycles. The largest absolute Gasteiger partial charge is 0.353 e. The molecule has 1 aromatic heterocycles. The van der Waals surface area contributed by atoms with E-state index in [4.69, 9.17) is 0 Å². The fraction of sp³-hybridized carbons (Fsp3) is 0.688. The molecular weight excluding hydrogens is 278 g/mol. The summed E-state index contributed by atoms with van der Waals surface area (Å²) in [6, 6.07) is 0. The molecule has 6 heteroatoms. The second kappa shape index (κ2) is 7.05. The molecule has 0 bridgehead atoms. The Bertz CT molecular complexity index is 490. The van der Waals surface area contributed by atoms with E-state index in [1.165, 1.54) is 6.42 Å². The van der Waals surface area contributed by atoms with Crippen LogP contribution in [0.2, 0.25) is 0 Å². The van der Waals surface area contributed by atoms with Crippen LogP contribution in [0.4, 0.5) is 5.82 Å². The maximum absolute atomic E-state index is 12.4. The predicted octanol–water partition coefficient (Wildman–Crippen LogP) is 1.24. The molecule has 0 spiro atoms. The number of piperidine rings is 1. The second-order valence-electron chi connectivity index (χ2n) is 6.03. The Kier molecular flexibility index (Phi) is 4.87. The third kappa shape index (κ3) is 3.38. The van der Waals surface area contributed by atoms with E-state index >= 15 is 0 Å². The zero-order valence-corrected chi connectivity index (χ0v) is 13.4. The maximum Gasteiger partial charge on any atom is 0.274 e. The van der Waals surface area contributed by atoms with Gasteiger partial charge in [0.1, 0.15) is 11.5 Å². The molecule has 2 fully saturated rings. The van der Waals surface area contributed by atoms with Crippen LogP contribution >= 0.6 is 0 Å². The van der Waals surface area contributed by atoms with Crippen molar-refractivity contribution in [3.05, 3.63) is 18.1 Å². The highest BCUT2D eigenvalue weighted by Crippen LogP contribution is 2.15. The van der Waals surface area contributed by atoms with Crippen molar-refractivity contribution in [2.45, 2.75) is 26.2 Å². The van der Waals surface area contributed by atoms with E-state index in [-0.39, 0.29) is 5.91 Å². The normalized spacial score (nSPS) is 20.2. The number of rotatable bonds is 3. The van der Waals surface area contributed by atoms with Gasteiger partial charge in [0.2, 0.25) is 0 Å². The minimum atomic E-state index is 0.0227. The molecule has 0 atom stereocenters. The molecule has 2 aliphatic rings. The first kappa shape index (κ1) is 15.2. The van der Waals surface area contributed by atoms with Gasteiger partial charge in [-0.15, -0.1) is 0 Å². The number of anilines is 1. The Morgan fingerprint density at radius 1 is 1.00 bits per heavy atom. The fourth-order valence-corrected chi connectivity index (χ4v) is 3.15. The van der Waals surface area contributed by atoms with Crippen LogP contribution in [-0.2, 0) is 0 Å². The number of amides is 1. The van der Waals surface area contributed by atoms with Gasteiger partial charge in [0.05, 0.1) is 12.4 Å². The molecule has 3 heterocycles. The van der Waals surface area contributed by atoms with Crippen molar-refractivity contribution in [2.24, 2.45) is 0 Å². The number of aromatic nitrogens is 2. The Hall–Kier alpha value is -1.69. The van der Waals surface area contributed by atoms with Crippen LogP contribution < -0.4 is 4.90 Å². The van der Waals surface area contributed by atoms with Crippen molar-refractivity contribution < 1.29 is 4.79 Å². The van der Waals surface area contributed by atoms with E-state index in [1.807, 2.05) is 4.90 Å². The molecule has 2 aliphatic heterocycles. The number of nitrogens with zero attached hydrogens (tertiary/aromatic N) is 5. The van der Waals surface area contributed by atoms with Crippen LogP contribution in [-0.4, -0.2) is 71.5 Å². The lowest BCUT2D eigenvalue weighted by Crippen LogP contribution is -2.46. The van der Waals surface area contributed by atoms with Crippen molar-refractivity contribution in [1.82, 2.24) is 19.8 Å². The van der Waals surface area contributed by atoms with E-state index in [0.717, 1.165) is 64.5 Å². The molecule has 0 aromatic carbocycles. The van der Waals surface area contributed by atoms with Gasteiger partial charge in [0, 0.05) is 39.3 Å². The summed E-state index contributed by atoms with van der Waals surface area (Å²) in [5.41, 5.74) is 0.470. The molecule has 22 heavy (non-hydrogen) atoms. The van der Waals surface area contributed by atoms with Crippen LogP contribution in [0.1, 0.15) is 36.7 Å². The van der Waals surface area contributed by atoms with E-state index in [1.54, 1.807) is 12.4 Å². The number of likely N-dealkylation sites (tertiary alicyclic amines) is 1. The smallest absolute Gasteiger partial charge is 0.274 e. The predicted molar refractivity (Wildman–Crippen MR) is 86.1 cm³/mol. The maximum atomic E-state index is 12.4. The van der Waals surface area contributed by atoms with Gasteiger partial charge < -0.3 is 14.7 Å². The number of piperazine rings is 1. The summed E-state index contributed by atoms with van der Waals surface area (Å²) < 4.78 is 0. The van der Waals surface area contributed by atoms with Gasteiger partial charge in [-0.25, -0.2) is 9.97 Å². The standard InChI is InChI=1S/C16H25N5O/c1-2-19-8-10-20(11-9-19)15-13-17-14(12-18-15)16(22)21-6-4-3-5-7-21/h12-13H,2-11H2,1H3. The minimum Gasteiger partial charge on any atom is -0.353 e. The summed E-state index contributed by atoms with van der Waals surface area (Å²) >= 11 is 0. The molecule has 0 unspecified atom stereocenters. The van der Waals surface area contributed by atoms with Gasteiger partial charge in [-0.2, -0.15) is 0 Å². The van der Waals surface area contributed by atoms with Crippen LogP contribution in [0, 0.1) is 0 Å². The summed E-state index contributed by atoms with van der Waals surface area (Å²) in [5.74, 6) is 0.903. The van der Waals surface area contributed by atoms with Crippen molar-refractivity contribution >= 4 is 11.7 Å². The molecular formula is C16H25N5O. The molecule has 1 aromatic rings. The quantitative estimate of drug-likeness (QED) is 0.841. The molecule has 120 valence electrons. The lowest BCUT2D eigenvalue weighted by molar-refractivity contribution is 0.0718. The second-order valence-corrected chi connectivity index (χ2v) is 6.03. The van der Waals surface area contributed by atoms with Gasteiger partial charge in [-0.1, -0.05) is 6.92 Å². The van der Waals surface area contributed by atoms with Crippen LogP contribution in [0.25, 0.3) is 0 Å². The molecule has 0 saturated carbocycles. The van der Waals surface area contributed by atoms with Crippen molar-refractivity contribution in [2.75, 3.05) is 50.7 Å². The average molecular weight is 303 g/mol. The Morgan fingerprint density at radius 3 is 2.32 bits per heavy atom. The van der Waals surface area contributed by atoms with Crippen LogP contribution in [0.3, 0.4) is 0 Å². The van der Waals surface area contributed by atoms with Gasteiger partial charge in [-0.05, 0) is 25.8 Å². The summed E-state index contributed by atoms with van der Waals surface area (Å²) in [4.78, 5) is 27.8. The Labute approximate surface area is 132 Å². The molecule has 3 rings (SSSR count). The molecule has 2 saturated heterocycles. The van der Waals surface area contributed by atoms with E-state index in [0.29, 0.717) is 5.69 Å². The highest BCUT2D eigenvalue weighted by molar-refractivity contribution is 5.92. The highest BCUT2D eigenvalue weighted by atomic mass is 16.2. The topological polar surface area (TPSA) is 52.6 Å². The van der Waals surface area contributed by atoms with E-state index < -0.39 is 0 Å². The third-order valence-electron chi connectivity index (χ3n) is 4.64. The number of hydrogen-bond donors (Lipinski definition) is 0. The summed E-state index contributed by atoms with van der Waals surface area (Å²) in [6.45, 7) is 9.06. The molecule has 0 radical (unpaired) electrons. The lowest BCUT2D eigenvalue weighted by atomic mass is 10.1. The molecule has 1 amide bonds. The van der Waals surface area contributed by atoms with Gasteiger partial charge in [0.25, 0.3) is 5.91 Å². The Balaban J connectivity index is 1.61. The SMILES string of the molecule is CCN1CCN(c2cnc(C(=O)N3CCCCC3)cn2)CC1. The average Bonchev–Trinajstić information content (AvgIpc) is 2.62. The van der Waals surface area contributed by atoms with Crippen molar-refractivity contribution in [1.29, 1.82) is 0 Å². The van der Waals surface area contributed by atoms with Gasteiger partial charge in [0.15, 0.2) is 0 Å². The first-order chi connectivity index (χ1) is 10.8. The summed E-state index contributed by atoms with van der Waals surface area (Å²) in [7, 11) is 0. The van der Waals surface area contributed by atoms with Crippen molar-refractivity contribution in [3.8, 4) is 0 Å². The fourth-order valence-electron chi connectivity index (χ4n) is 3.15. The van der Waals surface area contributed by atoms with Gasteiger partial charge >= 0.3 is 0 Å². The summed E-state index contributed by atoms with van der Waals surface area (Å²) in [6.07, 6.45) is 6.80. The number of carbonyl (C=O) groups is 1. The number of likely N-dealkylation sites (N-methyl/N-ethyl adjacent to an activating group) is 1. The van der Waals surface area contributed by atoms with E-state index in [2.05, 4.69) is 26.7 Å². The summed E-state index contributed by atoms with van der Waals surface area (Å²) in [5, 5.41) is 0. The van der Waals surface area contributed by atoms with Crippen molar-refractivity contribution in [3.63, 3.8) is 0 Å². The zero-order valence-electron chi connectivity index (χ0n) is 13.4.